The average Bonchev–Trinajstić information content (AvgIpc) is 2.51. The summed E-state index contributed by atoms with van der Waals surface area (Å²) in [4.78, 5) is 0. The van der Waals surface area contributed by atoms with Gasteiger partial charge in [0.25, 0.3) is 0 Å². The van der Waals surface area contributed by atoms with Gasteiger partial charge in [0.2, 0.25) is 0 Å². The Kier molecular flexibility index (Phi) is 6.10. The van der Waals surface area contributed by atoms with Gasteiger partial charge in [0.05, 0.1) is 19.3 Å². The molecule has 1 atom stereocenters. The van der Waals surface area contributed by atoms with Gasteiger partial charge in [-0.25, -0.2) is 4.39 Å². The van der Waals surface area contributed by atoms with Crippen LogP contribution in [0.5, 0.6) is 0 Å². The number of aliphatic hydroxyl groups excluding tert-OH is 1. The van der Waals surface area contributed by atoms with Crippen molar-refractivity contribution in [1.82, 2.24) is 0 Å². The van der Waals surface area contributed by atoms with E-state index >= 15 is 0 Å². The molecule has 2 nitrogen and oxygen atoms in total. The van der Waals surface area contributed by atoms with Crippen LogP contribution in [0, 0.1) is 11.7 Å². The highest BCUT2D eigenvalue weighted by Crippen LogP contribution is 2.17. The smallest absolute Gasteiger partial charge is 0.126 e. The second-order valence-electron chi connectivity index (χ2n) is 5.86. The number of rotatable bonds is 7. The monoisotopic (exact) mass is 302 g/mol. The molecule has 1 unspecified atom stereocenters. The van der Waals surface area contributed by atoms with Crippen LogP contribution in [0.1, 0.15) is 30.5 Å². The van der Waals surface area contributed by atoms with Crippen LogP contribution in [0.3, 0.4) is 0 Å². The zero-order chi connectivity index (χ0) is 15.9. The van der Waals surface area contributed by atoms with Crippen molar-refractivity contribution in [2.45, 2.75) is 33.0 Å². The van der Waals surface area contributed by atoms with Crippen molar-refractivity contribution in [2.24, 2.45) is 5.92 Å². The highest BCUT2D eigenvalue weighted by Gasteiger charge is 2.13. The van der Waals surface area contributed by atoms with Gasteiger partial charge in [0.15, 0.2) is 0 Å². The number of aliphatic hydroxyl groups is 1. The van der Waals surface area contributed by atoms with E-state index in [4.69, 9.17) is 4.74 Å². The lowest BCUT2D eigenvalue weighted by molar-refractivity contribution is -0.0240. The molecule has 0 amide bonds. The summed E-state index contributed by atoms with van der Waals surface area (Å²) in [6, 6.07) is 14.9. The Bertz CT molecular complexity index is 581. The minimum atomic E-state index is -0.199. The molecule has 0 aromatic heterocycles. The summed E-state index contributed by atoms with van der Waals surface area (Å²) in [5.41, 5.74) is 2.67. The number of benzene rings is 2. The van der Waals surface area contributed by atoms with E-state index in [1.807, 2.05) is 50.2 Å². The molecule has 0 heterocycles. The molecule has 118 valence electrons. The number of ether oxygens (including phenoxy) is 1. The predicted molar refractivity (Wildman–Crippen MR) is 86.1 cm³/mol. The molecule has 0 aliphatic rings. The molecule has 0 fully saturated rings. The van der Waals surface area contributed by atoms with Crippen LogP contribution in [0.2, 0.25) is 0 Å². The first-order chi connectivity index (χ1) is 10.6. The normalized spacial score (nSPS) is 12.6. The molecule has 22 heavy (non-hydrogen) atoms. The third-order valence-corrected chi connectivity index (χ3v) is 3.74. The van der Waals surface area contributed by atoms with E-state index in [0.29, 0.717) is 18.6 Å². The van der Waals surface area contributed by atoms with Crippen molar-refractivity contribution in [3.8, 4) is 0 Å². The predicted octanol–water partition coefficient (Wildman–Crippen LogP) is 3.95. The summed E-state index contributed by atoms with van der Waals surface area (Å²) < 4.78 is 19.7. The minimum Gasteiger partial charge on any atom is -0.394 e. The van der Waals surface area contributed by atoms with Crippen LogP contribution in [0.4, 0.5) is 4.39 Å². The van der Waals surface area contributed by atoms with Gasteiger partial charge in [0.1, 0.15) is 5.82 Å². The third kappa shape index (κ3) is 4.65. The van der Waals surface area contributed by atoms with E-state index in [-0.39, 0.29) is 24.4 Å². The first kappa shape index (κ1) is 16.7. The third-order valence-electron chi connectivity index (χ3n) is 3.74. The van der Waals surface area contributed by atoms with Gasteiger partial charge in [-0.3, -0.25) is 0 Å². The van der Waals surface area contributed by atoms with Crippen molar-refractivity contribution in [1.29, 1.82) is 0 Å². The van der Waals surface area contributed by atoms with Crippen molar-refractivity contribution in [3.05, 3.63) is 71.0 Å². The van der Waals surface area contributed by atoms with Crippen LogP contribution >= 0.6 is 0 Å². The second kappa shape index (κ2) is 8.06. The van der Waals surface area contributed by atoms with E-state index in [0.717, 1.165) is 11.1 Å². The Morgan fingerprint density at radius 3 is 2.41 bits per heavy atom. The van der Waals surface area contributed by atoms with Crippen LogP contribution in [-0.2, 0) is 17.8 Å². The van der Waals surface area contributed by atoms with Gasteiger partial charge in [0, 0.05) is 6.42 Å². The molecule has 0 radical (unpaired) electrons. The zero-order valence-electron chi connectivity index (χ0n) is 13.1. The molecular weight excluding hydrogens is 279 g/mol. The lowest BCUT2D eigenvalue weighted by atomic mass is 10.0. The molecule has 2 aromatic carbocycles. The number of hydrogen-bond donors (Lipinski definition) is 1. The summed E-state index contributed by atoms with van der Waals surface area (Å²) in [7, 11) is 0. The fourth-order valence-electron chi connectivity index (χ4n) is 2.33. The van der Waals surface area contributed by atoms with E-state index < -0.39 is 0 Å². The zero-order valence-corrected chi connectivity index (χ0v) is 13.1. The first-order valence-electron chi connectivity index (χ1n) is 7.64. The van der Waals surface area contributed by atoms with E-state index in [1.54, 1.807) is 6.07 Å². The van der Waals surface area contributed by atoms with Crippen molar-refractivity contribution in [2.75, 3.05) is 6.61 Å². The van der Waals surface area contributed by atoms with Crippen LogP contribution in [-0.4, -0.2) is 17.8 Å². The number of halogens is 1. The largest absolute Gasteiger partial charge is 0.394 e. The second-order valence-corrected chi connectivity index (χ2v) is 5.86. The maximum Gasteiger partial charge on any atom is 0.126 e. The fraction of sp³-hybridized carbons (Fsp3) is 0.368. The van der Waals surface area contributed by atoms with Gasteiger partial charge in [-0.2, -0.15) is 0 Å². The van der Waals surface area contributed by atoms with Gasteiger partial charge >= 0.3 is 0 Å². The maximum atomic E-state index is 14.0. The van der Waals surface area contributed by atoms with Crippen molar-refractivity contribution < 1.29 is 14.2 Å². The minimum absolute atomic E-state index is 0.00423. The Hall–Kier alpha value is -1.71. The first-order valence-corrected chi connectivity index (χ1v) is 7.64. The molecule has 0 spiro atoms. The Morgan fingerprint density at radius 2 is 1.77 bits per heavy atom. The standard InChI is InChI=1S/C19H23FO2/c1-14(2)19(12-21)22-13-16-8-9-18(20)17(11-16)10-15-6-4-3-5-7-15/h3-9,11,14,19,21H,10,12-13H2,1-2H3. The quantitative estimate of drug-likeness (QED) is 0.839. The molecular formula is C19H23FO2. The highest BCUT2D eigenvalue weighted by atomic mass is 19.1. The van der Waals surface area contributed by atoms with Gasteiger partial charge in [-0.15, -0.1) is 0 Å². The topological polar surface area (TPSA) is 29.5 Å². The summed E-state index contributed by atoms with van der Waals surface area (Å²) in [5, 5.41) is 9.28. The van der Waals surface area contributed by atoms with Gasteiger partial charge in [-0.1, -0.05) is 56.3 Å². The van der Waals surface area contributed by atoms with Crippen molar-refractivity contribution >= 4 is 0 Å². The average molecular weight is 302 g/mol. The maximum absolute atomic E-state index is 14.0. The Labute approximate surface area is 131 Å². The molecule has 0 saturated carbocycles. The molecule has 2 aromatic rings. The molecule has 0 aliphatic carbocycles. The Balaban J connectivity index is 2.06. The lowest BCUT2D eigenvalue weighted by Crippen LogP contribution is -2.23. The molecule has 3 heteroatoms. The number of hydrogen-bond acceptors (Lipinski definition) is 2. The summed E-state index contributed by atoms with van der Waals surface area (Å²) in [5.74, 6) is 0.0457. The highest BCUT2D eigenvalue weighted by molar-refractivity contribution is 5.30. The van der Waals surface area contributed by atoms with E-state index in [2.05, 4.69) is 0 Å². The summed E-state index contributed by atoms with van der Waals surface area (Å²) in [6.45, 7) is 4.39. The summed E-state index contributed by atoms with van der Waals surface area (Å²) >= 11 is 0. The van der Waals surface area contributed by atoms with Gasteiger partial charge in [-0.05, 0) is 28.7 Å². The van der Waals surface area contributed by atoms with Crippen LogP contribution in [0.25, 0.3) is 0 Å². The van der Waals surface area contributed by atoms with Crippen molar-refractivity contribution in [3.63, 3.8) is 0 Å². The molecule has 2 rings (SSSR count). The Morgan fingerprint density at radius 1 is 1.05 bits per heavy atom. The summed E-state index contributed by atoms with van der Waals surface area (Å²) in [6.07, 6.45) is 0.372. The molecule has 0 saturated heterocycles. The van der Waals surface area contributed by atoms with Crippen LogP contribution in [0.15, 0.2) is 48.5 Å². The van der Waals surface area contributed by atoms with E-state index in [1.165, 1.54) is 6.07 Å². The lowest BCUT2D eigenvalue weighted by Gasteiger charge is -2.19. The van der Waals surface area contributed by atoms with Gasteiger partial charge < -0.3 is 9.84 Å². The molecule has 0 aliphatic heterocycles. The SMILES string of the molecule is CC(C)C(CO)OCc1ccc(F)c(Cc2ccccc2)c1. The molecule has 1 N–H and O–H groups in total. The van der Waals surface area contributed by atoms with E-state index in [9.17, 15) is 9.50 Å². The van der Waals surface area contributed by atoms with Crippen LogP contribution < -0.4 is 0 Å². The molecule has 0 bridgehead atoms. The fourth-order valence-corrected chi connectivity index (χ4v) is 2.33.